The second-order valence-corrected chi connectivity index (χ2v) is 6.56. The smallest absolute Gasteiger partial charge is 0.373 e. The van der Waals surface area contributed by atoms with Crippen molar-refractivity contribution in [1.29, 1.82) is 0 Å². The second kappa shape index (κ2) is 6.12. The lowest BCUT2D eigenvalue weighted by Crippen LogP contribution is -2.44. The Morgan fingerprint density at radius 1 is 1.39 bits per heavy atom. The summed E-state index contributed by atoms with van der Waals surface area (Å²) in [5.74, 6) is 0. The van der Waals surface area contributed by atoms with Gasteiger partial charge in [0.15, 0.2) is 5.13 Å². The van der Waals surface area contributed by atoms with Gasteiger partial charge in [0.05, 0.1) is 31.1 Å². The number of thiazole rings is 1. The van der Waals surface area contributed by atoms with Gasteiger partial charge in [-0.2, -0.15) is 18.3 Å². The molecule has 1 aliphatic heterocycles. The molecule has 0 aliphatic carbocycles. The fourth-order valence-corrected chi connectivity index (χ4v) is 3.42. The molecule has 0 saturated carbocycles. The number of anilines is 1. The van der Waals surface area contributed by atoms with Gasteiger partial charge in [-0.15, -0.1) is 0 Å². The molecule has 0 N–H and O–H groups in total. The predicted octanol–water partition coefficient (Wildman–Crippen LogP) is 2.88. The van der Waals surface area contributed by atoms with E-state index >= 15 is 0 Å². The number of aryl methyl sites for hydroxylation is 2. The lowest BCUT2D eigenvalue weighted by Gasteiger charge is -2.32. The van der Waals surface area contributed by atoms with E-state index in [-0.39, 0.29) is 6.10 Å². The van der Waals surface area contributed by atoms with E-state index < -0.39 is 11.1 Å². The molecule has 1 unspecified atom stereocenters. The summed E-state index contributed by atoms with van der Waals surface area (Å²) in [5, 5.41) is 4.78. The van der Waals surface area contributed by atoms with Crippen LogP contribution in [0.25, 0.3) is 0 Å². The Kier molecular flexibility index (Phi) is 4.33. The molecule has 1 aliphatic rings. The van der Waals surface area contributed by atoms with Crippen molar-refractivity contribution in [3.8, 4) is 0 Å². The van der Waals surface area contributed by atoms with Crippen molar-refractivity contribution in [2.75, 3.05) is 24.6 Å². The standard InChI is InChI=1S/C14H17F3N4OS/c1-9-5-10(2)21(19-9)8-11-7-20(3-4-22-11)13-18-6-12(23-13)14(15,16)17/h5-6,11H,3-4,7-8H2,1-2H3. The van der Waals surface area contributed by atoms with E-state index in [1.165, 1.54) is 0 Å². The Balaban J connectivity index is 1.68. The zero-order valence-electron chi connectivity index (χ0n) is 12.8. The Morgan fingerprint density at radius 3 is 2.78 bits per heavy atom. The SMILES string of the molecule is Cc1cc(C)n(CC2CN(c3ncc(C(F)(F)F)s3)CCO2)n1. The van der Waals surface area contributed by atoms with Crippen molar-refractivity contribution in [3.05, 3.63) is 28.5 Å². The second-order valence-electron chi connectivity index (χ2n) is 5.55. The van der Waals surface area contributed by atoms with E-state index in [4.69, 9.17) is 4.74 Å². The number of hydrogen-bond acceptors (Lipinski definition) is 5. The van der Waals surface area contributed by atoms with E-state index in [0.717, 1.165) is 17.6 Å². The van der Waals surface area contributed by atoms with Crippen LogP contribution < -0.4 is 4.90 Å². The summed E-state index contributed by atoms with van der Waals surface area (Å²) in [6.07, 6.45) is -3.57. The summed E-state index contributed by atoms with van der Waals surface area (Å²) >= 11 is 0.674. The first-order chi connectivity index (χ1) is 10.8. The van der Waals surface area contributed by atoms with Gasteiger partial charge in [-0.25, -0.2) is 4.98 Å². The van der Waals surface area contributed by atoms with Crippen LogP contribution in [0.1, 0.15) is 16.3 Å². The van der Waals surface area contributed by atoms with Crippen LogP contribution in [0.4, 0.5) is 18.3 Å². The van der Waals surface area contributed by atoms with E-state index in [1.54, 1.807) is 0 Å². The number of alkyl halides is 3. The molecule has 126 valence electrons. The number of nitrogens with zero attached hydrogens (tertiary/aromatic N) is 4. The number of morpholine rings is 1. The van der Waals surface area contributed by atoms with Crippen LogP contribution in [0.2, 0.25) is 0 Å². The largest absolute Gasteiger partial charge is 0.427 e. The maximum absolute atomic E-state index is 12.7. The zero-order valence-corrected chi connectivity index (χ0v) is 13.6. The minimum absolute atomic E-state index is 0.125. The van der Waals surface area contributed by atoms with Crippen molar-refractivity contribution >= 4 is 16.5 Å². The zero-order chi connectivity index (χ0) is 16.6. The van der Waals surface area contributed by atoms with E-state index in [9.17, 15) is 13.2 Å². The molecule has 0 bridgehead atoms. The summed E-state index contributed by atoms with van der Waals surface area (Å²) in [7, 11) is 0. The van der Waals surface area contributed by atoms with Gasteiger partial charge in [-0.3, -0.25) is 4.68 Å². The first-order valence-electron chi connectivity index (χ1n) is 7.23. The molecule has 9 heteroatoms. The molecule has 1 saturated heterocycles. The molecule has 2 aromatic rings. The minimum atomic E-state index is -4.34. The van der Waals surface area contributed by atoms with Gasteiger partial charge in [0.1, 0.15) is 4.88 Å². The Morgan fingerprint density at radius 2 is 2.17 bits per heavy atom. The van der Waals surface area contributed by atoms with Gasteiger partial charge in [-0.1, -0.05) is 11.3 Å². The van der Waals surface area contributed by atoms with Crippen molar-refractivity contribution in [3.63, 3.8) is 0 Å². The molecule has 5 nitrogen and oxygen atoms in total. The third kappa shape index (κ3) is 3.66. The summed E-state index contributed by atoms with van der Waals surface area (Å²) in [6, 6.07) is 1.98. The van der Waals surface area contributed by atoms with Gasteiger partial charge >= 0.3 is 6.18 Å². The first kappa shape index (κ1) is 16.3. The van der Waals surface area contributed by atoms with E-state index in [0.29, 0.717) is 42.7 Å². The van der Waals surface area contributed by atoms with Crippen molar-refractivity contribution in [2.45, 2.75) is 32.7 Å². The van der Waals surface area contributed by atoms with Crippen LogP contribution in [0.15, 0.2) is 12.3 Å². The van der Waals surface area contributed by atoms with Crippen LogP contribution in [0.3, 0.4) is 0 Å². The minimum Gasteiger partial charge on any atom is -0.373 e. The Hall–Kier alpha value is -1.61. The normalized spacial score (nSPS) is 19.3. The van der Waals surface area contributed by atoms with Crippen LogP contribution >= 0.6 is 11.3 Å². The molecule has 3 heterocycles. The number of hydrogen-bond donors (Lipinski definition) is 0. The highest BCUT2D eigenvalue weighted by Crippen LogP contribution is 2.36. The monoisotopic (exact) mass is 346 g/mol. The predicted molar refractivity (Wildman–Crippen MR) is 80.8 cm³/mol. The van der Waals surface area contributed by atoms with Crippen molar-refractivity contribution in [1.82, 2.24) is 14.8 Å². The molecule has 2 aromatic heterocycles. The first-order valence-corrected chi connectivity index (χ1v) is 8.05. The molecule has 0 aromatic carbocycles. The average Bonchev–Trinajstić information content (AvgIpc) is 3.06. The molecular weight excluding hydrogens is 329 g/mol. The molecular formula is C14H17F3N4OS. The van der Waals surface area contributed by atoms with Crippen LogP contribution in [-0.2, 0) is 17.5 Å². The summed E-state index contributed by atoms with van der Waals surface area (Å²) in [5.41, 5.74) is 1.97. The molecule has 1 fully saturated rings. The van der Waals surface area contributed by atoms with Crippen LogP contribution in [-0.4, -0.2) is 40.6 Å². The summed E-state index contributed by atoms with van der Waals surface area (Å²) < 4.78 is 45.7. The lowest BCUT2D eigenvalue weighted by molar-refractivity contribution is -0.134. The highest BCUT2D eigenvalue weighted by Gasteiger charge is 2.34. The molecule has 0 amide bonds. The molecule has 1 atom stereocenters. The molecule has 23 heavy (non-hydrogen) atoms. The maximum atomic E-state index is 12.7. The Bertz CT molecular complexity index is 682. The molecule has 0 radical (unpaired) electrons. The third-order valence-corrected chi connectivity index (χ3v) is 4.77. The van der Waals surface area contributed by atoms with Crippen LogP contribution in [0.5, 0.6) is 0 Å². The Labute approximate surface area is 135 Å². The number of ether oxygens (including phenoxy) is 1. The summed E-state index contributed by atoms with van der Waals surface area (Å²) in [6.45, 7) is 5.98. The van der Waals surface area contributed by atoms with Gasteiger partial charge < -0.3 is 9.64 Å². The third-order valence-electron chi connectivity index (χ3n) is 3.66. The van der Waals surface area contributed by atoms with E-state index in [2.05, 4.69) is 10.1 Å². The number of aromatic nitrogens is 3. The quantitative estimate of drug-likeness (QED) is 0.857. The average molecular weight is 346 g/mol. The topological polar surface area (TPSA) is 43.2 Å². The van der Waals surface area contributed by atoms with Gasteiger partial charge in [0.25, 0.3) is 0 Å². The summed E-state index contributed by atoms with van der Waals surface area (Å²) in [4.78, 5) is 5.09. The van der Waals surface area contributed by atoms with Gasteiger partial charge in [0.2, 0.25) is 0 Å². The molecule has 3 rings (SSSR count). The number of rotatable bonds is 3. The van der Waals surface area contributed by atoms with Gasteiger partial charge in [-0.05, 0) is 19.9 Å². The number of halogens is 3. The molecule has 0 spiro atoms. The lowest BCUT2D eigenvalue weighted by atomic mass is 10.3. The van der Waals surface area contributed by atoms with Crippen molar-refractivity contribution in [2.24, 2.45) is 0 Å². The maximum Gasteiger partial charge on any atom is 0.427 e. The highest BCUT2D eigenvalue weighted by molar-refractivity contribution is 7.15. The van der Waals surface area contributed by atoms with E-state index in [1.807, 2.05) is 29.5 Å². The fraction of sp³-hybridized carbons (Fsp3) is 0.571. The van der Waals surface area contributed by atoms with Crippen molar-refractivity contribution < 1.29 is 17.9 Å². The highest BCUT2D eigenvalue weighted by atomic mass is 32.1. The van der Waals surface area contributed by atoms with Crippen LogP contribution in [0, 0.1) is 13.8 Å². The van der Waals surface area contributed by atoms with Gasteiger partial charge in [0, 0.05) is 18.8 Å². The fourth-order valence-electron chi connectivity index (χ4n) is 2.60.